The molecule has 0 saturated carbocycles. The first-order chi connectivity index (χ1) is 21.9. The predicted molar refractivity (Wildman–Crippen MR) is 183 cm³/mol. The minimum Gasteiger partial charge on any atom is -0.389 e. The first-order valence-corrected chi connectivity index (χ1v) is 15.0. The second kappa shape index (κ2) is 14.9. The molecule has 0 aliphatic rings. The Hall–Kier alpha value is -5.40. The van der Waals surface area contributed by atoms with Gasteiger partial charge in [-0.05, 0) is 45.5 Å². The van der Waals surface area contributed by atoms with Crippen molar-refractivity contribution >= 4 is 35.3 Å². The third-order valence-electron chi connectivity index (χ3n) is 7.62. The molecule has 0 radical (unpaired) electrons. The molecule has 0 aromatic heterocycles. The van der Waals surface area contributed by atoms with E-state index in [1.54, 1.807) is 29.2 Å². The number of hydrogen-bond donors (Lipinski definition) is 2. The lowest BCUT2D eigenvalue weighted by Gasteiger charge is -2.31. The van der Waals surface area contributed by atoms with Crippen molar-refractivity contribution in [2.45, 2.75) is 19.0 Å². The monoisotopic (exact) mass is 611 g/mol. The van der Waals surface area contributed by atoms with Crippen LogP contribution in [0.2, 0.25) is 0 Å². The smallest absolute Gasteiger partial charge is 0.254 e. The van der Waals surface area contributed by atoms with Crippen molar-refractivity contribution in [3.05, 3.63) is 156 Å². The van der Waals surface area contributed by atoms with Crippen LogP contribution in [-0.2, 0) is 22.6 Å². The summed E-state index contributed by atoms with van der Waals surface area (Å²) < 4.78 is 0. The van der Waals surface area contributed by atoms with Gasteiger partial charge in [0.05, 0.1) is 6.54 Å². The molecule has 45 heavy (non-hydrogen) atoms. The lowest BCUT2D eigenvalue weighted by Crippen LogP contribution is -2.50. The Balaban J connectivity index is 1.49. The van der Waals surface area contributed by atoms with Crippen molar-refractivity contribution in [3.8, 4) is 22.3 Å². The van der Waals surface area contributed by atoms with Gasteiger partial charge in [0.1, 0.15) is 17.3 Å². The highest BCUT2D eigenvalue weighted by atomic mass is 32.1. The number of benzene rings is 5. The fourth-order valence-corrected chi connectivity index (χ4v) is 5.32. The summed E-state index contributed by atoms with van der Waals surface area (Å²) in [6.07, 6.45) is 0.880. The molecule has 0 aliphatic carbocycles. The Labute approximate surface area is 268 Å². The Morgan fingerprint density at radius 3 is 1.62 bits per heavy atom. The first kappa shape index (κ1) is 31.0. The number of rotatable bonds is 12. The molecule has 0 bridgehead atoms. The summed E-state index contributed by atoms with van der Waals surface area (Å²) >= 11 is 5.09. The highest BCUT2D eigenvalue weighted by Gasteiger charge is 2.31. The molecular weight excluding hydrogens is 579 g/mol. The molecule has 5 aromatic rings. The van der Waals surface area contributed by atoms with E-state index in [-0.39, 0.29) is 30.4 Å². The van der Waals surface area contributed by atoms with Crippen LogP contribution in [-0.4, -0.2) is 40.6 Å². The average molecular weight is 612 g/mol. The zero-order valence-electron chi connectivity index (χ0n) is 24.6. The van der Waals surface area contributed by atoms with Gasteiger partial charge in [0.2, 0.25) is 5.91 Å². The fourth-order valence-electron chi connectivity index (χ4n) is 5.19. The molecular formula is C38H33N3O3S. The van der Waals surface area contributed by atoms with Gasteiger partial charge in [0.25, 0.3) is 5.91 Å². The van der Waals surface area contributed by atoms with Crippen LogP contribution in [0.25, 0.3) is 22.3 Å². The number of carbonyl (C=O) groups excluding carboxylic acids is 3. The van der Waals surface area contributed by atoms with Gasteiger partial charge in [-0.3, -0.25) is 9.59 Å². The number of aldehydes is 1. The first-order valence-electron chi connectivity index (χ1n) is 14.6. The zero-order chi connectivity index (χ0) is 31.6. The molecule has 3 N–H and O–H groups in total. The Morgan fingerprint density at radius 2 is 1.13 bits per heavy atom. The minimum absolute atomic E-state index is 0.154. The molecule has 0 heterocycles. The van der Waals surface area contributed by atoms with Gasteiger partial charge < -0.3 is 20.7 Å². The van der Waals surface area contributed by atoms with E-state index in [4.69, 9.17) is 18.0 Å². The Bertz CT molecular complexity index is 1760. The van der Waals surface area contributed by atoms with Crippen molar-refractivity contribution in [1.82, 2.24) is 10.2 Å². The van der Waals surface area contributed by atoms with Crippen LogP contribution in [0.1, 0.15) is 27.0 Å². The zero-order valence-corrected chi connectivity index (χ0v) is 25.5. The number of carbonyl (C=O) groups is 3. The average Bonchev–Trinajstić information content (AvgIpc) is 3.09. The van der Waals surface area contributed by atoms with E-state index in [1.165, 1.54) is 0 Å². The molecule has 0 aliphatic heterocycles. The molecule has 5 aromatic carbocycles. The van der Waals surface area contributed by atoms with Gasteiger partial charge in [-0.1, -0.05) is 134 Å². The molecule has 0 saturated heterocycles. The highest BCUT2D eigenvalue weighted by Crippen LogP contribution is 2.24. The van der Waals surface area contributed by atoms with Gasteiger partial charge in [-0.2, -0.15) is 0 Å². The van der Waals surface area contributed by atoms with Gasteiger partial charge in [-0.15, -0.1) is 0 Å². The number of nitrogens with two attached hydrogens (primary N) is 1. The van der Waals surface area contributed by atoms with Gasteiger partial charge >= 0.3 is 0 Å². The SMILES string of the molecule is NC(=S)c1ccc(C(=O)N(Cc2ccc(-c3ccccc3)cc2)C(Cc2ccc(-c3ccccc3)cc2)C(=O)NCC=O)cc1. The van der Waals surface area contributed by atoms with E-state index in [9.17, 15) is 14.4 Å². The molecule has 1 unspecified atom stereocenters. The molecule has 224 valence electrons. The van der Waals surface area contributed by atoms with Crippen LogP contribution in [0.15, 0.2) is 133 Å². The van der Waals surface area contributed by atoms with Crippen LogP contribution < -0.4 is 11.1 Å². The lowest BCUT2D eigenvalue weighted by atomic mass is 9.98. The predicted octanol–water partition coefficient (Wildman–Crippen LogP) is 6.22. The summed E-state index contributed by atoms with van der Waals surface area (Å²) in [5.74, 6) is -0.743. The van der Waals surface area contributed by atoms with Gasteiger partial charge in [0, 0.05) is 24.1 Å². The minimum atomic E-state index is -0.899. The third-order valence-corrected chi connectivity index (χ3v) is 7.86. The van der Waals surface area contributed by atoms with E-state index in [0.717, 1.165) is 33.4 Å². The molecule has 5 rings (SSSR count). The number of amides is 2. The maximum absolute atomic E-state index is 14.2. The summed E-state index contributed by atoms with van der Waals surface area (Å²) in [6, 6.07) is 41.8. The Morgan fingerprint density at radius 1 is 0.667 bits per heavy atom. The maximum Gasteiger partial charge on any atom is 0.254 e. The maximum atomic E-state index is 14.2. The van der Waals surface area contributed by atoms with E-state index in [1.807, 2.05) is 109 Å². The quantitative estimate of drug-likeness (QED) is 0.129. The van der Waals surface area contributed by atoms with Crippen LogP contribution in [0, 0.1) is 0 Å². The van der Waals surface area contributed by atoms with Crippen molar-refractivity contribution < 1.29 is 14.4 Å². The second-order valence-electron chi connectivity index (χ2n) is 10.6. The second-order valence-corrected chi connectivity index (χ2v) is 11.1. The number of nitrogens with one attached hydrogen (secondary N) is 1. The topological polar surface area (TPSA) is 92.5 Å². The fraction of sp³-hybridized carbons (Fsp3) is 0.105. The number of hydrogen-bond acceptors (Lipinski definition) is 4. The van der Waals surface area contributed by atoms with Crippen LogP contribution in [0.4, 0.5) is 0 Å². The Kier molecular flexibility index (Phi) is 10.2. The summed E-state index contributed by atoms with van der Waals surface area (Å²) in [7, 11) is 0. The van der Waals surface area contributed by atoms with E-state index < -0.39 is 11.9 Å². The van der Waals surface area contributed by atoms with Crippen LogP contribution in [0.5, 0.6) is 0 Å². The standard InChI is InChI=1S/C38H33N3O3S/c39-36(45)33-19-21-34(22-20-33)38(44)41(26-28-13-17-32(18-14-28)30-9-5-2-6-10-30)35(37(43)40-23-24-42)25-27-11-15-31(16-12-27)29-7-3-1-4-8-29/h1-22,24,35H,23,25-26H2,(H2,39,45)(H,40,43). The van der Waals surface area contributed by atoms with E-state index >= 15 is 0 Å². The summed E-state index contributed by atoms with van der Waals surface area (Å²) in [4.78, 5) is 40.8. The molecule has 7 heteroatoms. The highest BCUT2D eigenvalue weighted by molar-refractivity contribution is 7.80. The van der Waals surface area contributed by atoms with Crippen LogP contribution >= 0.6 is 12.2 Å². The van der Waals surface area contributed by atoms with Crippen LogP contribution in [0.3, 0.4) is 0 Å². The summed E-state index contributed by atoms with van der Waals surface area (Å²) in [5.41, 5.74) is 12.8. The number of nitrogens with zero attached hydrogens (tertiary/aromatic N) is 1. The van der Waals surface area contributed by atoms with Crippen molar-refractivity contribution in [1.29, 1.82) is 0 Å². The summed E-state index contributed by atoms with van der Waals surface area (Å²) in [6.45, 7) is 0.0188. The van der Waals surface area contributed by atoms with E-state index in [2.05, 4.69) is 5.32 Å². The molecule has 0 spiro atoms. The van der Waals surface area contributed by atoms with E-state index in [0.29, 0.717) is 17.4 Å². The van der Waals surface area contributed by atoms with Gasteiger partial charge in [-0.25, -0.2) is 0 Å². The molecule has 6 nitrogen and oxygen atoms in total. The van der Waals surface area contributed by atoms with Crippen molar-refractivity contribution in [2.24, 2.45) is 5.73 Å². The molecule has 2 amide bonds. The largest absolute Gasteiger partial charge is 0.389 e. The van der Waals surface area contributed by atoms with Crippen molar-refractivity contribution in [2.75, 3.05) is 6.54 Å². The summed E-state index contributed by atoms with van der Waals surface area (Å²) in [5, 5.41) is 2.68. The molecule has 1 atom stereocenters. The molecule has 0 fully saturated rings. The lowest BCUT2D eigenvalue weighted by molar-refractivity contribution is -0.126. The van der Waals surface area contributed by atoms with Crippen molar-refractivity contribution in [3.63, 3.8) is 0 Å². The number of thiocarbonyl (C=S) groups is 1. The third kappa shape index (κ3) is 7.96. The van der Waals surface area contributed by atoms with Gasteiger partial charge in [0.15, 0.2) is 0 Å². The normalized spacial score (nSPS) is 11.3.